The predicted octanol–water partition coefficient (Wildman–Crippen LogP) is 4.34. The van der Waals surface area contributed by atoms with Crippen LogP contribution in [0.2, 0.25) is 0 Å². The van der Waals surface area contributed by atoms with E-state index in [0.29, 0.717) is 6.04 Å². The quantitative estimate of drug-likeness (QED) is 0.701. The van der Waals surface area contributed by atoms with E-state index >= 15 is 0 Å². The summed E-state index contributed by atoms with van der Waals surface area (Å²) in [6.45, 7) is 5.62. The molecule has 0 aromatic heterocycles. The second kappa shape index (κ2) is 9.68. The number of halogens is 1. The van der Waals surface area contributed by atoms with Crippen molar-refractivity contribution in [3.63, 3.8) is 0 Å². The highest BCUT2D eigenvalue weighted by atomic mass is 35.5. The summed E-state index contributed by atoms with van der Waals surface area (Å²) in [6.07, 6.45) is 5.33. The number of benzene rings is 1. The summed E-state index contributed by atoms with van der Waals surface area (Å²) in [5.74, 6) is 0. The Morgan fingerprint density at radius 2 is 1.75 bits per heavy atom. The molecule has 0 heterocycles. The maximum atomic E-state index is 3.56. The number of nitrogens with one attached hydrogen (secondary N) is 1. The third kappa shape index (κ3) is 6.14. The van der Waals surface area contributed by atoms with Gasteiger partial charge in [0.15, 0.2) is 0 Å². The van der Waals surface area contributed by atoms with Gasteiger partial charge in [0.2, 0.25) is 0 Å². The van der Waals surface area contributed by atoms with Gasteiger partial charge in [0, 0.05) is 6.04 Å². The first kappa shape index (κ1) is 15.5. The summed E-state index contributed by atoms with van der Waals surface area (Å²) < 4.78 is 0. The first-order chi connectivity index (χ1) is 7.34. The molecule has 1 rings (SSSR count). The zero-order valence-electron chi connectivity index (χ0n) is 10.4. The molecule has 0 aliphatic heterocycles. The van der Waals surface area contributed by atoms with Crippen LogP contribution in [0.3, 0.4) is 0 Å². The van der Waals surface area contributed by atoms with Crippen LogP contribution in [0.5, 0.6) is 0 Å². The Morgan fingerprint density at radius 1 is 1.06 bits per heavy atom. The van der Waals surface area contributed by atoms with Crippen molar-refractivity contribution in [3.05, 3.63) is 35.9 Å². The zero-order valence-corrected chi connectivity index (χ0v) is 11.2. The Kier molecular flexibility index (Phi) is 9.36. The van der Waals surface area contributed by atoms with Gasteiger partial charge < -0.3 is 5.32 Å². The van der Waals surface area contributed by atoms with Crippen molar-refractivity contribution >= 4 is 12.4 Å². The van der Waals surface area contributed by atoms with E-state index in [9.17, 15) is 0 Å². The monoisotopic (exact) mass is 241 g/mol. The molecule has 92 valence electrons. The highest BCUT2D eigenvalue weighted by Crippen LogP contribution is 2.11. The van der Waals surface area contributed by atoms with Crippen LogP contribution in [0.1, 0.15) is 51.1 Å². The lowest BCUT2D eigenvalue weighted by Gasteiger charge is -2.13. The van der Waals surface area contributed by atoms with E-state index < -0.39 is 0 Å². The maximum absolute atomic E-state index is 3.56. The molecule has 0 bridgehead atoms. The van der Waals surface area contributed by atoms with Crippen molar-refractivity contribution in [2.24, 2.45) is 0 Å². The number of hydrogen-bond acceptors (Lipinski definition) is 1. The molecule has 0 fully saturated rings. The zero-order chi connectivity index (χ0) is 10.9. The van der Waals surface area contributed by atoms with Crippen LogP contribution in [-0.4, -0.2) is 6.54 Å². The molecule has 16 heavy (non-hydrogen) atoms. The molecular weight excluding hydrogens is 218 g/mol. The molecule has 0 saturated heterocycles. The molecule has 1 unspecified atom stereocenters. The Hall–Kier alpha value is -0.530. The van der Waals surface area contributed by atoms with Crippen molar-refractivity contribution in [2.45, 2.75) is 45.6 Å². The summed E-state index contributed by atoms with van der Waals surface area (Å²) in [7, 11) is 0. The largest absolute Gasteiger partial charge is 0.310 e. The lowest BCUT2D eigenvalue weighted by atomic mass is 10.1. The van der Waals surface area contributed by atoms with Gasteiger partial charge in [0.05, 0.1) is 0 Å². The molecule has 1 aromatic rings. The first-order valence-electron chi connectivity index (χ1n) is 6.13. The molecule has 0 aliphatic carbocycles. The van der Waals surface area contributed by atoms with E-state index in [0.717, 1.165) is 6.54 Å². The van der Waals surface area contributed by atoms with Crippen LogP contribution in [0.4, 0.5) is 0 Å². The Balaban J connectivity index is 0.00000225. The third-order valence-corrected chi connectivity index (χ3v) is 2.78. The second-order valence-electron chi connectivity index (χ2n) is 4.15. The molecule has 0 spiro atoms. The molecular formula is C14H24ClN. The van der Waals surface area contributed by atoms with Gasteiger partial charge in [-0.05, 0) is 25.5 Å². The van der Waals surface area contributed by atoms with Crippen LogP contribution in [0.15, 0.2) is 30.3 Å². The highest BCUT2D eigenvalue weighted by molar-refractivity contribution is 5.85. The third-order valence-electron chi connectivity index (χ3n) is 2.78. The van der Waals surface area contributed by atoms with E-state index in [1.54, 1.807) is 0 Å². The highest BCUT2D eigenvalue weighted by Gasteiger charge is 2.01. The predicted molar refractivity (Wildman–Crippen MR) is 74.2 cm³/mol. The van der Waals surface area contributed by atoms with E-state index in [4.69, 9.17) is 0 Å². The molecule has 0 saturated carbocycles. The maximum Gasteiger partial charge on any atom is 0.0291 e. The van der Waals surface area contributed by atoms with Crippen LogP contribution >= 0.6 is 12.4 Å². The van der Waals surface area contributed by atoms with Crippen LogP contribution in [-0.2, 0) is 0 Å². The van der Waals surface area contributed by atoms with E-state index in [1.165, 1.54) is 31.2 Å². The fourth-order valence-electron chi connectivity index (χ4n) is 1.73. The van der Waals surface area contributed by atoms with Crippen molar-refractivity contribution in [3.8, 4) is 0 Å². The lowest BCUT2D eigenvalue weighted by molar-refractivity contribution is 0.536. The minimum Gasteiger partial charge on any atom is -0.310 e. The van der Waals surface area contributed by atoms with Crippen molar-refractivity contribution in [1.29, 1.82) is 0 Å². The van der Waals surface area contributed by atoms with E-state index in [2.05, 4.69) is 49.5 Å². The fourth-order valence-corrected chi connectivity index (χ4v) is 1.73. The van der Waals surface area contributed by atoms with Gasteiger partial charge in [-0.15, -0.1) is 12.4 Å². The molecule has 1 aromatic carbocycles. The van der Waals surface area contributed by atoms with Gasteiger partial charge in [0.25, 0.3) is 0 Å². The molecule has 1 N–H and O–H groups in total. The normalized spacial score (nSPS) is 11.9. The van der Waals surface area contributed by atoms with Crippen LogP contribution in [0, 0.1) is 0 Å². The second-order valence-corrected chi connectivity index (χ2v) is 4.15. The van der Waals surface area contributed by atoms with Gasteiger partial charge in [-0.3, -0.25) is 0 Å². The van der Waals surface area contributed by atoms with Gasteiger partial charge in [-0.25, -0.2) is 0 Å². The fraction of sp³-hybridized carbons (Fsp3) is 0.571. The van der Waals surface area contributed by atoms with E-state index in [-0.39, 0.29) is 12.4 Å². The molecule has 0 aliphatic rings. The van der Waals surface area contributed by atoms with Gasteiger partial charge in [0.1, 0.15) is 0 Å². The van der Waals surface area contributed by atoms with Gasteiger partial charge in [-0.2, -0.15) is 0 Å². The van der Waals surface area contributed by atoms with Crippen molar-refractivity contribution < 1.29 is 0 Å². The summed E-state index contributed by atoms with van der Waals surface area (Å²) in [5.41, 5.74) is 1.38. The number of hydrogen-bond donors (Lipinski definition) is 1. The Labute approximate surface area is 106 Å². The van der Waals surface area contributed by atoms with E-state index in [1.807, 2.05) is 0 Å². The summed E-state index contributed by atoms with van der Waals surface area (Å²) in [6, 6.07) is 11.1. The van der Waals surface area contributed by atoms with Crippen molar-refractivity contribution in [2.75, 3.05) is 6.54 Å². The molecule has 1 atom stereocenters. The smallest absolute Gasteiger partial charge is 0.0291 e. The SMILES string of the molecule is CCCCCCNC(C)c1ccccc1.Cl. The average molecular weight is 242 g/mol. The summed E-state index contributed by atoms with van der Waals surface area (Å²) in [4.78, 5) is 0. The Morgan fingerprint density at radius 3 is 2.38 bits per heavy atom. The van der Waals surface area contributed by atoms with Crippen LogP contribution < -0.4 is 5.32 Å². The standard InChI is InChI=1S/C14H23N.ClH/c1-3-4-5-9-12-15-13(2)14-10-7-6-8-11-14;/h6-8,10-11,13,15H,3-5,9,12H2,1-2H3;1H. The lowest BCUT2D eigenvalue weighted by Crippen LogP contribution is -2.19. The minimum absolute atomic E-state index is 0. The van der Waals surface area contributed by atoms with Crippen LogP contribution in [0.25, 0.3) is 0 Å². The number of unbranched alkanes of at least 4 members (excludes halogenated alkanes) is 3. The molecule has 1 nitrogen and oxygen atoms in total. The van der Waals surface area contributed by atoms with Gasteiger partial charge in [-0.1, -0.05) is 56.5 Å². The average Bonchev–Trinajstić information content (AvgIpc) is 2.30. The summed E-state index contributed by atoms with van der Waals surface area (Å²) >= 11 is 0. The summed E-state index contributed by atoms with van der Waals surface area (Å²) in [5, 5.41) is 3.56. The topological polar surface area (TPSA) is 12.0 Å². The Bertz CT molecular complexity index is 248. The molecule has 0 amide bonds. The number of rotatable bonds is 7. The molecule has 2 heteroatoms. The first-order valence-corrected chi connectivity index (χ1v) is 6.13. The van der Waals surface area contributed by atoms with Gasteiger partial charge >= 0.3 is 0 Å². The molecule has 0 radical (unpaired) electrons. The van der Waals surface area contributed by atoms with Crippen molar-refractivity contribution in [1.82, 2.24) is 5.32 Å². The minimum atomic E-state index is 0.